The molecule has 36 heavy (non-hydrogen) atoms. The summed E-state index contributed by atoms with van der Waals surface area (Å²) in [4.78, 5) is 5.12. The van der Waals surface area contributed by atoms with Crippen molar-refractivity contribution in [3.63, 3.8) is 0 Å². The van der Waals surface area contributed by atoms with Crippen LogP contribution in [0.2, 0.25) is 0 Å². The van der Waals surface area contributed by atoms with Crippen LogP contribution in [-0.2, 0) is 25.8 Å². The molecule has 2 nitrogen and oxygen atoms in total. The van der Waals surface area contributed by atoms with Gasteiger partial charge in [0, 0.05) is 19.2 Å². The molecule has 0 atom stereocenters. The molecule has 1 heterocycles. The molecule has 0 fully saturated rings. The number of hydrogen-bond acceptors (Lipinski definition) is 1. The summed E-state index contributed by atoms with van der Waals surface area (Å²) in [5.41, 5.74) is 2.76. The van der Waals surface area contributed by atoms with Gasteiger partial charge in [-0.3, -0.25) is 0 Å². The topological polar surface area (TPSA) is 17.8 Å². The Bertz CT molecular complexity index is 733. The van der Waals surface area contributed by atoms with Gasteiger partial charge in [0.05, 0.1) is 5.69 Å². The smallest absolute Gasteiger partial charge is 0.108 e. The Kier molecular flexibility index (Phi) is 18.3. The highest BCUT2D eigenvalue weighted by Crippen LogP contribution is 2.16. The third-order valence-electron chi connectivity index (χ3n) is 7.66. The van der Waals surface area contributed by atoms with Crippen molar-refractivity contribution in [2.75, 3.05) is 0 Å². The monoisotopic (exact) mass is 494 g/mol. The lowest BCUT2D eigenvalue weighted by atomic mass is 10.1. The molecule has 0 aliphatic carbocycles. The van der Waals surface area contributed by atoms with Gasteiger partial charge in [-0.25, -0.2) is 4.98 Å². The van der Waals surface area contributed by atoms with Gasteiger partial charge in [0.2, 0.25) is 0 Å². The van der Waals surface area contributed by atoms with Gasteiger partial charge in [0.1, 0.15) is 5.82 Å². The second-order valence-electron chi connectivity index (χ2n) is 11.1. The van der Waals surface area contributed by atoms with Crippen LogP contribution in [0.1, 0.15) is 153 Å². The molecule has 1 aromatic heterocycles. The summed E-state index contributed by atoms with van der Waals surface area (Å²) >= 11 is 0. The van der Waals surface area contributed by atoms with Gasteiger partial charge in [-0.15, -0.1) is 0 Å². The van der Waals surface area contributed by atoms with E-state index < -0.39 is 0 Å². The molecule has 0 radical (unpaired) electrons. The molecule has 0 saturated carbocycles. The average Bonchev–Trinajstić information content (AvgIpc) is 3.28. The van der Waals surface area contributed by atoms with Crippen LogP contribution in [0.5, 0.6) is 0 Å². The number of unbranched alkanes of at least 4 members (excludes halogenated alkanes) is 16. The number of nitrogens with zero attached hydrogens (tertiary/aromatic N) is 2. The van der Waals surface area contributed by atoms with E-state index in [0.717, 1.165) is 25.8 Å². The Morgan fingerprint density at radius 3 is 1.64 bits per heavy atom. The lowest BCUT2D eigenvalue weighted by Crippen LogP contribution is -2.03. The average molecular weight is 495 g/mol. The molecule has 0 aliphatic heterocycles. The number of rotatable bonds is 24. The van der Waals surface area contributed by atoms with E-state index in [2.05, 4.69) is 54.9 Å². The fourth-order valence-electron chi connectivity index (χ4n) is 5.33. The van der Waals surface area contributed by atoms with Crippen LogP contribution in [0, 0.1) is 0 Å². The summed E-state index contributed by atoms with van der Waals surface area (Å²) < 4.78 is 2.52. The minimum absolute atomic E-state index is 1.10. The van der Waals surface area contributed by atoms with Crippen LogP contribution in [0.15, 0.2) is 36.5 Å². The molecule has 0 unspecified atom stereocenters. The molecule has 0 spiro atoms. The number of hydrogen-bond donors (Lipinski definition) is 0. The van der Waals surface area contributed by atoms with Gasteiger partial charge in [-0.05, 0) is 37.7 Å². The molecule has 1 aromatic carbocycles. The first-order valence-electron chi connectivity index (χ1n) is 15.9. The van der Waals surface area contributed by atoms with E-state index in [1.165, 1.54) is 139 Å². The summed E-state index contributed by atoms with van der Waals surface area (Å²) in [5, 5.41) is 0. The van der Waals surface area contributed by atoms with Gasteiger partial charge < -0.3 is 4.57 Å². The van der Waals surface area contributed by atoms with E-state index in [1.54, 1.807) is 0 Å². The maximum absolute atomic E-state index is 5.12. The Morgan fingerprint density at radius 2 is 1.06 bits per heavy atom. The fourth-order valence-corrected chi connectivity index (χ4v) is 5.33. The quantitative estimate of drug-likeness (QED) is 0.133. The van der Waals surface area contributed by atoms with Crippen LogP contribution >= 0.6 is 0 Å². The highest BCUT2D eigenvalue weighted by Gasteiger charge is 2.08. The predicted molar refractivity (Wildman–Crippen MR) is 159 cm³/mol. The molecule has 0 bridgehead atoms. The fraction of sp³-hybridized carbons (Fsp3) is 0.735. The summed E-state index contributed by atoms with van der Waals surface area (Å²) in [7, 11) is 0. The summed E-state index contributed by atoms with van der Waals surface area (Å²) in [6.07, 6.45) is 32.1. The molecular formula is C34H58N2. The van der Waals surface area contributed by atoms with Crippen molar-refractivity contribution in [1.29, 1.82) is 0 Å². The van der Waals surface area contributed by atoms with Crippen LogP contribution in [0.4, 0.5) is 0 Å². The lowest BCUT2D eigenvalue weighted by Gasteiger charge is -2.08. The number of imidazole rings is 1. The highest BCUT2D eigenvalue weighted by molar-refractivity contribution is 5.15. The molecule has 204 valence electrons. The molecule has 2 rings (SSSR count). The largest absolute Gasteiger partial charge is 0.335 e. The van der Waals surface area contributed by atoms with E-state index in [-0.39, 0.29) is 0 Å². The molecule has 2 heteroatoms. The maximum atomic E-state index is 5.12. The number of benzene rings is 1. The molecular weight excluding hydrogens is 436 g/mol. The summed E-state index contributed by atoms with van der Waals surface area (Å²) in [5.74, 6) is 1.35. The summed E-state index contributed by atoms with van der Waals surface area (Å²) in [6, 6.07) is 10.9. The van der Waals surface area contributed by atoms with E-state index in [1.807, 2.05) is 0 Å². The van der Waals surface area contributed by atoms with Crippen LogP contribution in [0.25, 0.3) is 0 Å². The van der Waals surface area contributed by atoms with Gasteiger partial charge in [-0.1, -0.05) is 147 Å². The minimum Gasteiger partial charge on any atom is -0.335 e. The minimum atomic E-state index is 1.10. The third kappa shape index (κ3) is 14.9. The van der Waals surface area contributed by atoms with E-state index in [4.69, 9.17) is 4.98 Å². The standard InChI is InChI=1S/C34H58N2/c1-3-5-7-9-11-12-13-14-16-18-23-30-36-31-33(28-24-27-32-25-20-19-21-26-32)35-34(36)29-22-17-15-10-8-6-4-2/h19-21,25-26,31H,3-18,22-24,27-30H2,1-2H3. The normalized spacial score (nSPS) is 11.4. The summed E-state index contributed by atoms with van der Waals surface area (Å²) in [6.45, 7) is 5.76. The van der Waals surface area contributed by atoms with Crippen molar-refractivity contribution in [3.8, 4) is 0 Å². The number of aryl methyl sites for hydroxylation is 4. The molecule has 2 aromatic rings. The van der Waals surface area contributed by atoms with E-state index in [0.29, 0.717) is 0 Å². The SMILES string of the molecule is CCCCCCCCCCCCCn1cc(CCCc2ccccc2)nc1CCCCCCCCC. The number of aromatic nitrogens is 2. The second kappa shape index (κ2) is 21.5. The Morgan fingerprint density at radius 1 is 0.528 bits per heavy atom. The molecule has 0 N–H and O–H groups in total. The van der Waals surface area contributed by atoms with Crippen molar-refractivity contribution in [1.82, 2.24) is 9.55 Å². The first kappa shape index (κ1) is 30.7. The van der Waals surface area contributed by atoms with Crippen LogP contribution in [0.3, 0.4) is 0 Å². The van der Waals surface area contributed by atoms with Gasteiger partial charge in [0.15, 0.2) is 0 Å². The molecule has 0 saturated heterocycles. The van der Waals surface area contributed by atoms with E-state index >= 15 is 0 Å². The van der Waals surface area contributed by atoms with Crippen molar-refractivity contribution in [2.24, 2.45) is 0 Å². The zero-order chi connectivity index (χ0) is 25.5. The van der Waals surface area contributed by atoms with Gasteiger partial charge >= 0.3 is 0 Å². The van der Waals surface area contributed by atoms with Crippen LogP contribution in [-0.4, -0.2) is 9.55 Å². The Balaban J connectivity index is 1.69. The third-order valence-corrected chi connectivity index (χ3v) is 7.66. The van der Waals surface area contributed by atoms with E-state index in [9.17, 15) is 0 Å². The first-order valence-corrected chi connectivity index (χ1v) is 15.9. The zero-order valence-electron chi connectivity index (χ0n) is 24.1. The first-order chi connectivity index (χ1) is 17.8. The van der Waals surface area contributed by atoms with Crippen LogP contribution < -0.4 is 0 Å². The second-order valence-corrected chi connectivity index (χ2v) is 11.1. The zero-order valence-corrected chi connectivity index (χ0v) is 24.1. The van der Waals surface area contributed by atoms with Gasteiger partial charge in [0.25, 0.3) is 0 Å². The predicted octanol–water partition coefficient (Wildman–Crippen LogP) is 10.7. The van der Waals surface area contributed by atoms with Crippen molar-refractivity contribution < 1.29 is 0 Å². The molecule has 0 amide bonds. The van der Waals surface area contributed by atoms with Crippen molar-refractivity contribution >= 4 is 0 Å². The van der Waals surface area contributed by atoms with Crippen molar-refractivity contribution in [3.05, 3.63) is 53.6 Å². The Labute approximate surface area is 224 Å². The van der Waals surface area contributed by atoms with Crippen molar-refractivity contribution in [2.45, 2.75) is 162 Å². The highest BCUT2D eigenvalue weighted by atomic mass is 15.1. The molecule has 0 aliphatic rings. The lowest BCUT2D eigenvalue weighted by molar-refractivity contribution is 0.520. The Hall–Kier alpha value is -1.57. The van der Waals surface area contributed by atoms with Gasteiger partial charge in [-0.2, -0.15) is 0 Å². The maximum Gasteiger partial charge on any atom is 0.108 e.